The second-order valence-corrected chi connectivity index (χ2v) is 5.12. The van der Waals surface area contributed by atoms with Crippen LogP contribution in [0.15, 0.2) is 78.9 Å². The lowest BCUT2D eigenvalue weighted by molar-refractivity contribution is 0.0734. The lowest BCUT2D eigenvalue weighted by atomic mass is 10.0. The van der Waals surface area contributed by atoms with Gasteiger partial charge < -0.3 is 4.74 Å². The second-order valence-electron chi connectivity index (χ2n) is 5.12. The molecular formula is C20H13FO3. The van der Waals surface area contributed by atoms with Gasteiger partial charge in [-0.15, -0.1) is 0 Å². The Morgan fingerprint density at radius 2 is 1.33 bits per heavy atom. The number of carbonyl (C=O) groups is 2. The number of hydrogen-bond acceptors (Lipinski definition) is 3. The third kappa shape index (κ3) is 3.55. The van der Waals surface area contributed by atoms with Crippen LogP contribution in [-0.4, -0.2) is 11.8 Å². The molecule has 0 saturated carbocycles. The summed E-state index contributed by atoms with van der Waals surface area (Å²) in [5, 5.41) is 0. The van der Waals surface area contributed by atoms with Crippen LogP contribution in [0, 0.1) is 5.82 Å². The first-order chi connectivity index (χ1) is 11.6. The predicted octanol–water partition coefficient (Wildman–Crippen LogP) is 4.28. The molecule has 0 bridgehead atoms. The highest BCUT2D eigenvalue weighted by Crippen LogP contribution is 2.16. The minimum absolute atomic E-state index is 0.124. The van der Waals surface area contributed by atoms with Crippen LogP contribution < -0.4 is 4.74 Å². The number of hydrogen-bond donors (Lipinski definition) is 0. The van der Waals surface area contributed by atoms with Crippen LogP contribution in [0.1, 0.15) is 26.3 Å². The van der Waals surface area contributed by atoms with E-state index in [0.717, 1.165) is 6.07 Å². The topological polar surface area (TPSA) is 43.4 Å². The van der Waals surface area contributed by atoms with Crippen molar-refractivity contribution in [2.75, 3.05) is 0 Å². The predicted molar refractivity (Wildman–Crippen MR) is 87.7 cm³/mol. The van der Waals surface area contributed by atoms with Gasteiger partial charge in [-0.2, -0.15) is 0 Å². The van der Waals surface area contributed by atoms with E-state index < -0.39 is 11.8 Å². The van der Waals surface area contributed by atoms with Gasteiger partial charge in [0.25, 0.3) is 0 Å². The Labute approximate surface area is 138 Å². The molecule has 0 N–H and O–H groups in total. The molecule has 3 rings (SSSR count). The lowest BCUT2D eigenvalue weighted by Crippen LogP contribution is -2.09. The number of rotatable bonds is 4. The molecule has 0 radical (unpaired) electrons. The van der Waals surface area contributed by atoms with E-state index in [1.807, 2.05) is 6.07 Å². The van der Waals surface area contributed by atoms with E-state index in [2.05, 4.69) is 0 Å². The smallest absolute Gasteiger partial charge is 0.343 e. The summed E-state index contributed by atoms with van der Waals surface area (Å²) in [4.78, 5) is 24.3. The fraction of sp³-hybridized carbons (Fsp3) is 0. The van der Waals surface area contributed by atoms with Gasteiger partial charge in [-0.05, 0) is 24.3 Å². The maximum absolute atomic E-state index is 13.1. The summed E-state index contributed by atoms with van der Waals surface area (Å²) in [7, 11) is 0. The largest absolute Gasteiger partial charge is 0.423 e. The summed E-state index contributed by atoms with van der Waals surface area (Å²) in [6, 6.07) is 20.4. The molecule has 0 aliphatic heterocycles. The van der Waals surface area contributed by atoms with Crippen LogP contribution in [0.2, 0.25) is 0 Å². The van der Waals surface area contributed by atoms with Gasteiger partial charge in [0.15, 0.2) is 5.78 Å². The summed E-state index contributed by atoms with van der Waals surface area (Å²) >= 11 is 0. The van der Waals surface area contributed by atoms with Crippen molar-refractivity contribution >= 4 is 11.8 Å². The fourth-order valence-corrected chi connectivity index (χ4v) is 2.21. The normalized spacial score (nSPS) is 10.2. The molecule has 0 fully saturated rings. The average Bonchev–Trinajstić information content (AvgIpc) is 2.62. The van der Waals surface area contributed by atoms with Gasteiger partial charge in [0.05, 0.1) is 5.56 Å². The highest BCUT2D eigenvalue weighted by molar-refractivity contribution is 6.09. The van der Waals surface area contributed by atoms with Crippen molar-refractivity contribution in [2.24, 2.45) is 0 Å². The molecule has 24 heavy (non-hydrogen) atoms. The highest BCUT2D eigenvalue weighted by Gasteiger charge is 2.12. The number of halogens is 1. The first-order valence-electron chi connectivity index (χ1n) is 7.31. The maximum Gasteiger partial charge on any atom is 0.343 e. The molecule has 0 aliphatic carbocycles. The first-order valence-corrected chi connectivity index (χ1v) is 7.31. The van der Waals surface area contributed by atoms with Crippen LogP contribution in [-0.2, 0) is 0 Å². The van der Waals surface area contributed by atoms with Crippen molar-refractivity contribution < 1.29 is 18.7 Å². The minimum atomic E-state index is -0.612. The second kappa shape index (κ2) is 6.87. The Bertz CT molecular complexity index is 871. The average molecular weight is 320 g/mol. The molecule has 0 heterocycles. The van der Waals surface area contributed by atoms with Crippen molar-refractivity contribution in [3.8, 4) is 5.75 Å². The molecule has 0 spiro atoms. The van der Waals surface area contributed by atoms with E-state index in [-0.39, 0.29) is 17.1 Å². The molecule has 3 aromatic rings. The van der Waals surface area contributed by atoms with Crippen molar-refractivity contribution in [3.63, 3.8) is 0 Å². The fourth-order valence-electron chi connectivity index (χ4n) is 2.21. The number of benzene rings is 3. The van der Waals surface area contributed by atoms with Crippen molar-refractivity contribution in [1.82, 2.24) is 0 Å². The molecule has 3 nitrogen and oxygen atoms in total. The summed E-state index contributed by atoms with van der Waals surface area (Å²) in [5.41, 5.74) is 1.33. The van der Waals surface area contributed by atoms with Crippen LogP contribution >= 0.6 is 0 Å². The van der Waals surface area contributed by atoms with Crippen LogP contribution in [0.3, 0.4) is 0 Å². The number of esters is 1. The molecule has 0 amide bonds. The molecule has 0 aliphatic rings. The molecule has 4 heteroatoms. The van der Waals surface area contributed by atoms with E-state index >= 15 is 0 Å². The summed E-state index contributed by atoms with van der Waals surface area (Å²) in [6.45, 7) is 0. The van der Waals surface area contributed by atoms with Gasteiger partial charge in [0, 0.05) is 17.2 Å². The van der Waals surface area contributed by atoms with E-state index in [1.54, 1.807) is 36.4 Å². The Balaban J connectivity index is 1.74. The molecule has 118 valence electrons. The molecule has 0 aromatic heterocycles. The quantitative estimate of drug-likeness (QED) is 0.409. The summed E-state index contributed by atoms with van der Waals surface area (Å²) < 4.78 is 18.2. The zero-order chi connectivity index (χ0) is 16.9. The Morgan fingerprint density at radius 1 is 0.708 bits per heavy atom. The first kappa shape index (κ1) is 15.6. The van der Waals surface area contributed by atoms with E-state index in [9.17, 15) is 14.0 Å². The zero-order valence-corrected chi connectivity index (χ0v) is 12.6. The molecule has 0 unspecified atom stereocenters. The highest BCUT2D eigenvalue weighted by atomic mass is 19.1. The SMILES string of the molecule is O=C(Oc1cccc(F)c1)c1ccc(C(=O)c2ccccc2)cc1. The van der Waals surface area contributed by atoms with E-state index in [1.165, 1.54) is 30.3 Å². The summed E-state index contributed by atoms with van der Waals surface area (Å²) in [5.74, 6) is -1.09. The van der Waals surface area contributed by atoms with Gasteiger partial charge in [-0.3, -0.25) is 4.79 Å². The third-order valence-corrected chi connectivity index (χ3v) is 3.43. The Morgan fingerprint density at radius 3 is 2.00 bits per heavy atom. The monoisotopic (exact) mass is 320 g/mol. The van der Waals surface area contributed by atoms with E-state index in [4.69, 9.17) is 4.74 Å². The van der Waals surface area contributed by atoms with Crippen LogP contribution in [0.4, 0.5) is 4.39 Å². The lowest BCUT2D eigenvalue weighted by Gasteiger charge is -2.05. The number of ether oxygens (including phenoxy) is 1. The van der Waals surface area contributed by atoms with E-state index in [0.29, 0.717) is 11.1 Å². The van der Waals surface area contributed by atoms with Gasteiger partial charge in [0.2, 0.25) is 0 Å². The number of carbonyl (C=O) groups excluding carboxylic acids is 2. The van der Waals surface area contributed by atoms with Gasteiger partial charge in [-0.25, -0.2) is 9.18 Å². The Kier molecular flexibility index (Phi) is 4.47. The molecule has 3 aromatic carbocycles. The van der Waals surface area contributed by atoms with Gasteiger partial charge in [-0.1, -0.05) is 48.5 Å². The van der Waals surface area contributed by atoms with Crippen LogP contribution in [0.25, 0.3) is 0 Å². The maximum atomic E-state index is 13.1. The number of ketones is 1. The summed E-state index contributed by atoms with van der Waals surface area (Å²) in [6.07, 6.45) is 0. The molecule has 0 atom stereocenters. The van der Waals surface area contributed by atoms with Crippen molar-refractivity contribution in [3.05, 3.63) is 101 Å². The van der Waals surface area contributed by atoms with Crippen molar-refractivity contribution in [1.29, 1.82) is 0 Å². The standard InChI is InChI=1S/C20H13FO3/c21-17-7-4-8-18(13-17)24-20(23)16-11-9-15(10-12-16)19(22)14-5-2-1-3-6-14/h1-13H. The molecular weight excluding hydrogens is 307 g/mol. The van der Waals surface area contributed by atoms with Gasteiger partial charge in [0.1, 0.15) is 11.6 Å². The molecule has 0 saturated heterocycles. The zero-order valence-electron chi connectivity index (χ0n) is 12.6. The van der Waals surface area contributed by atoms with Crippen molar-refractivity contribution in [2.45, 2.75) is 0 Å². The van der Waals surface area contributed by atoms with Crippen LogP contribution in [0.5, 0.6) is 5.75 Å². The minimum Gasteiger partial charge on any atom is -0.423 e. The van der Waals surface area contributed by atoms with Gasteiger partial charge >= 0.3 is 5.97 Å². The third-order valence-electron chi connectivity index (χ3n) is 3.43. The Hall–Kier alpha value is -3.27.